The summed E-state index contributed by atoms with van der Waals surface area (Å²) in [4.78, 5) is 0. The largest absolute Gasteiger partial charge is 0.493 e. The molecule has 0 atom stereocenters. The lowest BCUT2D eigenvalue weighted by Gasteiger charge is -2.07. The van der Waals surface area contributed by atoms with Crippen molar-refractivity contribution >= 4 is 11.0 Å². The quantitative estimate of drug-likeness (QED) is 0.765. The lowest BCUT2D eigenvalue weighted by Crippen LogP contribution is -2.14. The zero-order valence-electron chi connectivity index (χ0n) is 13.9. The highest BCUT2D eigenvalue weighted by Gasteiger charge is 2.18. The second kappa shape index (κ2) is 6.99. The van der Waals surface area contributed by atoms with E-state index in [-0.39, 0.29) is 0 Å². The first kappa shape index (κ1) is 15.9. The van der Waals surface area contributed by atoms with Gasteiger partial charge in [-0.05, 0) is 49.9 Å². The molecule has 21 heavy (non-hydrogen) atoms. The molecule has 3 nitrogen and oxygen atoms in total. The van der Waals surface area contributed by atoms with Gasteiger partial charge in [-0.1, -0.05) is 20.8 Å². The SMILES string of the molecule is CCCNCc1oc2c(OC)cc(C)cc2c1CC(C)C. The highest BCUT2D eigenvalue weighted by molar-refractivity contribution is 5.88. The third kappa shape index (κ3) is 3.59. The second-order valence-corrected chi connectivity index (χ2v) is 6.12. The Kier molecular flexibility index (Phi) is 5.29. The summed E-state index contributed by atoms with van der Waals surface area (Å²) in [6.45, 7) is 10.6. The van der Waals surface area contributed by atoms with Crippen molar-refractivity contribution in [1.82, 2.24) is 5.32 Å². The molecular weight excluding hydrogens is 262 g/mol. The van der Waals surface area contributed by atoms with Crippen LogP contribution < -0.4 is 10.1 Å². The number of furan rings is 1. The van der Waals surface area contributed by atoms with Gasteiger partial charge < -0.3 is 14.5 Å². The molecule has 1 N–H and O–H groups in total. The Labute approximate surface area is 127 Å². The summed E-state index contributed by atoms with van der Waals surface area (Å²) in [5, 5.41) is 4.65. The van der Waals surface area contributed by atoms with Crippen LogP contribution in [0.5, 0.6) is 5.75 Å². The molecule has 1 heterocycles. The number of ether oxygens (including phenoxy) is 1. The average Bonchev–Trinajstić information content (AvgIpc) is 2.76. The first-order valence-electron chi connectivity index (χ1n) is 7.86. The number of aryl methyl sites for hydroxylation is 1. The number of hydrogen-bond acceptors (Lipinski definition) is 3. The summed E-state index contributed by atoms with van der Waals surface area (Å²) in [6, 6.07) is 4.25. The minimum Gasteiger partial charge on any atom is -0.493 e. The van der Waals surface area contributed by atoms with Crippen molar-refractivity contribution in [3.05, 3.63) is 29.0 Å². The summed E-state index contributed by atoms with van der Waals surface area (Å²) >= 11 is 0. The molecule has 0 fully saturated rings. The number of hydrogen-bond donors (Lipinski definition) is 1. The molecule has 0 aliphatic heterocycles. The van der Waals surface area contributed by atoms with Crippen LogP contribution in [0.25, 0.3) is 11.0 Å². The molecule has 0 aliphatic rings. The molecule has 1 aromatic carbocycles. The Bertz CT molecular complexity index is 599. The van der Waals surface area contributed by atoms with Gasteiger partial charge in [-0.15, -0.1) is 0 Å². The molecule has 0 amide bonds. The minimum atomic E-state index is 0.599. The Morgan fingerprint density at radius 1 is 1.29 bits per heavy atom. The van der Waals surface area contributed by atoms with E-state index in [0.717, 1.165) is 43.0 Å². The maximum atomic E-state index is 6.14. The van der Waals surface area contributed by atoms with Crippen molar-refractivity contribution < 1.29 is 9.15 Å². The highest BCUT2D eigenvalue weighted by atomic mass is 16.5. The Balaban J connectivity index is 2.49. The van der Waals surface area contributed by atoms with Crippen LogP contribution in [0.15, 0.2) is 16.5 Å². The monoisotopic (exact) mass is 289 g/mol. The molecule has 0 spiro atoms. The highest BCUT2D eigenvalue weighted by Crippen LogP contribution is 2.35. The van der Waals surface area contributed by atoms with Gasteiger partial charge in [0.1, 0.15) is 5.76 Å². The number of fused-ring (bicyclic) bond motifs is 1. The van der Waals surface area contributed by atoms with Crippen LogP contribution in [0.4, 0.5) is 0 Å². The molecule has 2 rings (SSSR count). The van der Waals surface area contributed by atoms with Crippen molar-refractivity contribution in [3.8, 4) is 5.75 Å². The Morgan fingerprint density at radius 3 is 2.67 bits per heavy atom. The van der Waals surface area contributed by atoms with E-state index in [1.165, 1.54) is 16.5 Å². The van der Waals surface area contributed by atoms with Crippen molar-refractivity contribution in [2.45, 2.75) is 47.1 Å². The first-order chi connectivity index (χ1) is 10.1. The van der Waals surface area contributed by atoms with Gasteiger partial charge in [-0.2, -0.15) is 0 Å². The van der Waals surface area contributed by atoms with Crippen LogP contribution in [0.2, 0.25) is 0 Å². The van der Waals surface area contributed by atoms with E-state index in [1.807, 2.05) is 6.07 Å². The van der Waals surface area contributed by atoms with Gasteiger partial charge in [0.15, 0.2) is 11.3 Å². The number of methoxy groups -OCH3 is 1. The van der Waals surface area contributed by atoms with Crippen molar-refractivity contribution in [2.24, 2.45) is 5.92 Å². The zero-order chi connectivity index (χ0) is 15.4. The molecule has 0 unspecified atom stereocenters. The molecule has 0 radical (unpaired) electrons. The predicted molar refractivity (Wildman–Crippen MR) is 88.0 cm³/mol. The molecule has 0 saturated carbocycles. The van der Waals surface area contributed by atoms with Gasteiger partial charge in [0.05, 0.1) is 13.7 Å². The normalized spacial score (nSPS) is 11.5. The molecule has 3 heteroatoms. The predicted octanol–water partition coefficient (Wildman–Crippen LogP) is 4.45. The van der Waals surface area contributed by atoms with Gasteiger partial charge >= 0.3 is 0 Å². The summed E-state index contributed by atoms with van der Waals surface area (Å²) < 4.78 is 11.6. The summed E-state index contributed by atoms with van der Waals surface area (Å²) in [5.74, 6) is 2.48. The fourth-order valence-corrected chi connectivity index (χ4v) is 2.71. The summed E-state index contributed by atoms with van der Waals surface area (Å²) in [6.07, 6.45) is 2.16. The lowest BCUT2D eigenvalue weighted by molar-refractivity contribution is 0.405. The Hall–Kier alpha value is -1.48. The molecule has 0 saturated heterocycles. The average molecular weight is 289 g/mol. The van der Waals surface area contributed by atoms with E-state index in [4.69, 9.17) is 9.15 Å². The standard InChI is InChI=1S/C18H27NO2/c1-6-7-19-11-17-14(8-12(2)3)15-9-13(4)10-16(20-5)18(15)21-17/h9-10,12,19H,6-8,11H2,1-5H3. The van der Waals surface area contributed by atoms with Crippen LogP contribution >= 0.6 is 0 Å². The van der Waals surface area contributed by atoms with Gasteiger partial charge in [0.25, 0.3) is 0 Å². The smallest absolute Gasteiger partial charge is 0.176 e. The van der Waals surface area contributed by atoms with Crippen LogP contribution in [-0.4, -0.2) is 13.7 Å². The number of rotatable bonds is 7. The minimum absolute atomic E-state index is 0.599. The molecule has 116 valence electrons. The molecule has 0 aliphatic carbocycles. The number of benzene rings is 1. The van der Waals surface area contributed by atoms with E-state index in [2.05, 4.69) is 39.1 Å². The fourth-order valence-electron chi connectivity index (χ4n) is 2.71. The van der Waals surface area contributed by atoms with Crippen LogP contribution in [0.1, 0.15) is 44.1 Å². The Morgan fingerprint density at radius 2 is 2.05 bits per heavy atom. The fraction of sp³-hybridized carbons (Fsp3) is 0.556. The van der Waals surface area contributed by atoms with E-state index in [1.54, 1.807) is 7.11 Å². The van der Waals surface area contributed by atoms with Gasteiger partial charge in [-0.3, -0.25) is 0 Å². The van der Waals surface area contributed by atoms with E-state index < -0.39 is 0 Å². The van der Waals surface area contributed by atoms with Gasteiger partial charge in [0, 0.05) is 10.9 Å². The molecular formula is C18H27NO2. The summed E-state index contributed by atoms with van der Waals surface area (Å²) in [5.41, 5.74) is 3.41. The van der Waals surface area contributed by atoms with E-state index in [0.29, 0.717) is 5.92 Å². The lowest BCUT2D eigenvalue weighted by atomic mass is 9.98. The third-order valence-corrected chi connectivity index (χ3v) is 3.63. The van der Waals surface area contributed by atoms with E-state index >= 15 is 0 Å². The van der Waals surface area contributed by atoms with Crippen molar-refractivity contribution in [3.63, 3.8) is 0 Å². The van der Waals surface area contributed by atoms with Crippen LogP contribution in [0.3, 0.4) is 0 Å². The maximum Gasteiger partial charge on any atom is 0.176 e. The third-order valence-electron chi connectivity index (χ3n) is 3.63. The first-order valence-corrected chi connectivity index (χ1v) is 7.86. The van der Waals surface area contributed by atoms with Crippen LogP contribution in [0, 0.1) is 12.8 Å². The van der Waals surface area contributed by atoms with Crippen LogP contribution in [-0.2, 0) is 13.0 Å². The van der Waals surface area contributed by atoms with Gasteiger partial charge in [-0.25, -0.2) is 0 Å². The topological polar surface area (TPSA) is 34.4 Å². The summed E-state index contributed by atoms with van der Waals surface area (Å²) in [7, 11) is 1.70. The van der Waals surface area contributed by atoms with E-state index in [9.17, 15) is 0 Å². The van der Waals surface area contributed by atoms with Crippen molar-refractivity contribution in [1.29, 1.82) is 0 Å². The molecule has 2 aromatic rings. The number of nitrogens with one attached hydrogen (secondary N) is 1. The van der Waals surface area contributed by atoms with Crippen molar-refractivity contribution in [2.75, 3.05) is 13.7 Å². The second-order valence-electron chi connectivity index (χ2n) is 6.12. The molecule has 0 bridgehead atoms. The molecule has 1 aromatic heterocycles. The maximum absolute atomic E-state index is 6.14. The van der Waals surface area contributed by atoms with Gasteiger partial charge in [0.2, 0.25) is 0 Å². The zero-order valence-corrected chi connectivity index (χ0v) is 13.9.